The van der Waals surface area contributed by atoms with E-state index in [1.807, 2.05) is 18.2 Å². The lowest BCUT2D eigenvalue weighted by Gasteiger charge is -2.17. The Balaban J connectivity index is 2.48. The Morgan fingerprint density at radius 1 is 1.27 bits per heavy atom. The minimum Gasteiger partial charge on any atom is -0.507 e. The standard InChI is InChI=1S/C21H24ClNO7/c1-13-8-6-4-3-5-7-9-14(23-29-12-18(26)28-2)10-15-19(21(27)30-13)16(24)11-17(25)20(15)22/h4,6-7,9,11,13,24-25H,3,5,8,10,12H2,1-2H3/b6-4+,9-7+,23-14+/t13-/m1/s1. The number of allylic oxidation sites excluding steroid dienone is 3. The molecule has 2 N–H and O–H groups in total. The molecule has 1 aromatic carbocycles. The van der Waals surface area contributed by atoms with Crippen LogP contribution < -0.4 is 0 Å². The van der Waals surface area contributed by atoms with Gasteiger partial charge >= 0.3 is 11.9 Å². The number of rotatable bonds is 3. The van der Waals surface area contributed by atoms with E-state index in [4.69, 9.17) is 21.2 Å². The minimum atomic E-state index is -0.777. The topological polar surface area (TPSA) is 115 Å². The van der Waals surface area contributed by atoms with Crippen molar-refractivity contribution in [1.29, 1.82) is 0 Å². The zero-order valence-electron chi connectivity index (χ0n) is 16.8. The van der Waals surface area contributed by atoms with Gasteiger partial charge in [-0.2, -0.15) is 0 Å². The van der Waals surface area contributed by atoms with E-state index in [0.29, 0.717) is 18.6 Å². The van der Waals surface area contributed by atoms with Crippen molar-refractivity contribution in [3.8, 4) is 11.5 Å². The highest BCUT2D eigenvalue weighted by Gasteiger charge is 2.25. The SMILES string of the molecule is COC(=O)CO/N=C1\C=C\CC/C=C/C[C@@H](C)OC(=O)c2c(O)cc(O)c(Cl)c2C1. The molecular formula is C21H24ClNO7. The minimum absolute atomic E-state index is 0.0624. The van der Waals surface area contributed by atoms with E-state index in [2.05, 4.69) is 9.89 Å². The highest BCUT2D eigenvalue weighted by atomic mass is 35.5. The highest BCUT2D eigenvalue weighted by Crippen LogP contribution is 2.37. The molecule has 0 spiro atoms. The number of carbonyl (C=O) groups excluding carboxylic acids is 2. The fraction of sp³-hybridized carbons (Fsp3) is 0.381. The van der Waals surface area contributed by atoms with Crippen LogP contribution in [0.3, 0.4) is 0 Å². The molecule has 1 atom stereocenters. The molecule has 0 unspecified atom stereocenters. The lowest BCUT2D eigenvalue weighted by Crippen LogP contribution is -2.18. The molecule has 2 rings (SSSR count). The molecule has 8 nitrogen and oxygen atoms in total. The lowest BCUT2D eigenvalue weighted by molar-refractivity contribution is -0.145. The maximum atomic E-state index is 12.7. The molecule has 1 aromatic rings. The van der Waals surface area contributed by atoms with Crippen LogP contribution in [-0.4, -0.2) is 47.7 Å². The number of ether oxygens (including phenoxy) is 2. The number of cyclic esters (lactones) is 1. The van der Waals surface area contributed by atoms with Crippen LogP contribution in [0.4, 0.5) is 0 Å². The van der Waals surface area contributed by atoms with Crippen LogP contribution >= 0.6 is 11.6 Å². The molecule has 0 saturated heterocycles. The number of fused-ring (bicyclic) bond motifs is 1. The number of methoxy groups -OCH3 is 1. The predicted octanol–water partition coefficient (Wildman–Crippen LogP) is 3.68. The van der Waals surface area contributed by atoms with Gasteiger partial charge in [0, 0.05) is 18.9 Å². The van der Waals surface area contributed by atoms with Gasteiger partial charge in [-0.15, -0.1) is 0 Å². The second kappa shape index (κ2) is 11.3. The van der Waals surface area contributed by atoms with Crippen LogP contribution in [0.5, 0.6) is 11.5 Å². The van der Waals surface area contributed by atoms with Crippen molar-refractivity contribution in [1.82, 2.24) is 0 Å². The van der Waals surface area contributed by atoms with E-state index >= 15 is 0 Å². The molecule has 0 saturated carbocycles. The summed E-state index contributed by atoms with van der Waals surface area (Å²) in [6.07, 6.45) is 8.92. The van der Waals surface area contributed by atoms with Crippen LogP contribution in [0.1, 0.15) is 42.1 Å². The number of aromatic hydroxyl groups is 2. The van der Waals surface area contributed by atoms with Crippen molar-refractivity contribution in [3.63, 3.8) is 0 Å². The molecule has 1 heterocycles. The average molecular weight is 438 g/mol. The van der Waals surface area contributed by atoms with Gasteiger partial charge in [0.15, 0.2) is 0 Å². The largest absolute Gasteiger partial charge is 0.507 e. The Bertz CT molecular complexity index is 877. The van der Waals surface area contributed by atoms with Gasteiger partial charge in [-0.05, 0) is 31.4 Å². The molecule has 0 bridgehead atoms. The quantitative estimate of drug-likeness (QED) is 0.421. The summed E-state index contributed by atoms with van der Waals surface area (Å²) < 4.78 is 9.92. The first-order valence-corrected chi connectivity index (χ1v) is 9.72. The zero-order chi connectivity index (χ0) is 22.1. The van der Waals surface area contributed by atoms with Crippen molar-refractivity contribution in [3.05, 3.63) is 46.5 Å². The van der Waals surface area contributed by atoms with Gasteiger partial charge in [-0.1, -0.05) is 35.0 Å². The summed E-state index contributed by atoms with van der Waals surface area (Å²) in [7, 11) is 1.22. The fourth-order valence-corrected chi connectivity index (χ4v) is 2.93. The molecule has 0 radical (unpaired) electrons. The Kier molecular flexibility index (Phi) is 8.73. The van der Waals surface area contributed by atoms with E-state index < -0.39 is 36.1 Å². The maximum Gasteiger partial charge on any atom is 0.346 e. The molecule has 1 aliphatic rings. The number of esters is 2. The summed E-state index contributed by atoms with van der Waals surface area (Å²) in [6, 6.07) is 0.983. The van der Waals surface area contributed by atoms with Gasteiger partial charge in [0.25, 0.3) is 0 Å². The molecule has 9 heteroatoms. The third-order valence-corrected chi connectivity index (χ3v) is 4.65. The number of nitrogens with zero attached hydrogens (tertiary/aromatic N) is 1. The number of carbonyl (C=O) groups is 2. The Morgan fingerprint density at radius 3 is 2.73 bits per heavy atom. The van der Waals surface area contributed by atoms with Gasteiger partial charge < -0.3 is 24.5 Å². The fourth-order valence-electron chi connectivity index (χ4n) is 2.71. The Morgan fingerprint density at radius 2 is 2.00 bits per heavy atom. The van der Waals surface area contributed by atoms with E-state index in [1.165, 1.54) is 7.11 Å². The first kappa shape index (κ1) is 23.3. The van der Waals surface area contributed by atoms with Gasteiger partial charge in [-0.25, -0.2) is 9.59 Å². The van der Waals surface area contributed by atoms with Gasteiger partial charge in [0.2, 0.25) is 6.61 Å². The summed E-state index contributed by atoms with van der Waals surface area (Å²) in [4.78, 5) is 29.0. The molecule has 0 amide bonds. The number of phenols is 2. The van der Waals surface area contributed by atoms with Crippen molar-refractivity contribution >= 4 is 29.3 Å². The zero-order valence-corrected chi connectivity index (χ0v) is 17.5. The summed E-state index contributed by atoms with van der Waals surface area (Å²) >= 11 is 6.23. The lowest BCUT2D eigenvalue weighted by atomic mass is 9.99. The molecule has 0 aromatic heterocycles. The third kappa shape index (κ3) is 6.52. The molecule has 0 fully saturated rings. The maximum absolute atomic E-state index is 12.7. The second-order valence-corrected chi connectivity index (χ2v) is 6.97. The van der Waals surface area contributed by atoms with E-state index in [9.17, 15) is 19.8 Å². The summed E-state index contributed by atoms with van der Waals surface area (Å²) in [5.41, 5.74) is 0.276. The van der Waals surface area contributed by atoms with E-state index in [-0.39, 0.29) is 22.6 Å². The predicted molar refractivity (Wildman–Crippen MR) is 111 cm³/mol. The van der Waals surface area contributed by atoms with Crippen LogP contribution in [0, 0.1) is 0 Å². The number of halogens is 1. The molecular weight excluding hydrogens is 414 g/mol. The van der Waals surface area contributed by atoms with Crippen LogP contribution in [0.25, 0.3) is 0 Å². The smallest absolute Gasteiger partial charge is 0.346 e. The number of hydrogen-bond donors (Lipinski definition) is 2. The van der Waals surface area contributed by atoms with Gasteiger partial charge in [0.05, 0.1) is 17.8 Å². The molecule has 162 valence electrons. The first-order chi connectivity index (χ1) is 14.3. The number of phenolic OH excluding ortho intramolecular Hbond substituents is 2. The van der Waals surface area contributed by atoms with Crippen LogP contribution in [0.15, 0.2) is 35.5 Å². The molecule has 1 aliphatic heterocycles. The van der Waals surface area contributed by atoms with Gasteiger partial charge in [-0.3, -0.25) is 0 Å². The van der Waals surface area contributed by atoms with Crippen molar-refractivity contribution in [2.24, 2.45) is 5.16 Å². The van der Waals surface area contributed by atoms with Crippen LogP contribution in [-0.2, 0) is 25.5 Å². The number of hydrogen-bond acceptors (Lipinski definition) is 8. The summed E-state index contributed by atoms with van der Waals surface area (Å²) in [5.74, 6) is -2.25. The normalized spacial score (nSPS) is 21.1. The Hall–Kier alpha value is -3.00. The van der Waals surface area contributed by atoms with E-state index in [1.54, 1.807) is 13.0 Å². The summed E-state index contributed by atoms with van der Waals surface area (Å²) in [6.45, 7) is 1.34. The average Bonchev–Trinajstić information content (AvgIpc) is 2.69. The highest BCUT2D eigenvalue weighted by molar-refractivity contribution is 6.33. The summed E-state index contributed by atoms with van der Waals surface area (Å²) in [5, 5.41) is 24.1. The second-order valence-electron chi connectivity index (χ2n) is 6.59. The van der Waals surface area contributed by atoms with Crippen molar-refractivity contribution in [2.45, 2.75) is 38.7 Å². The van der Waals surface area contributed by atoms with Crippen LogP contribution in [0.2, 0.25) is 5.02 Å². The third-order valence-electron chi connectivity index (χ3n) is 4.23. The van der Waals surface area contributed by atoms with Crippen molar-refractivity contribution < 1.29 is 34.1 Å². The number of benzene rings is 1. The molecule has 30 heavy (non-hydrogen) atoms. The van der Waals surface area contributed by atoms with E-state index in [0.717, 1.165) is 12.5 Å². The van der Waals surface area contributed by atoms with Gasteiger partial charge in [0.1, 0.15) is 23.2 Å². The monoisotopic (exact) mass is 437 g/mol. The number of oxime groups is 1. The van der Waals surface area contributed by atoms with Crippen molar-refractivity contribution in [2.75, 3.05) is 13.7 Å². The Labute approximate surface area is 179 Å². The first-order valence-electron chi connectivity index (χ1n) is 9.35. The molecule has 0 aliphatic carbocycles.